The number of nitrogens with one attached hydrogen (secondary N) is 1. The number of fused-ring (bicyclic) bond motifs is 1. The Hall–Kier alpha value is -2.35. The molecule has 0 aliphatic carbocycles. The summed E-state index contributed by atoms with van der Waals surface area (Å²) < 4.78 is 11.6. The lowest BCUT2D eigenvalue weighted by Gasteiger charge is -1.97. The van der Waals surface area contributed by atoms with Gasteiger partial charge in [0, 0.05) is 10.8 Å². The van der Waals surface area contributed by atoms with E-state index in [0.717, 1.165) is 16.7 Å². The van der Waals surface area contributed by atoms with Crippen LogP contribution in [0.3, 0.4) is 0 Å². The number of ether oxygens (including phenoxy) is 1. The summed E-state index contributed by atoms with van der Waals surface area (Å²) in [6.07, 6.45) is 0. The molecule has 0 saturated heterocycles. The molecule has 5 nitrogen and oxygen atoms in total. The average molecular weight is 391 g/mol. The molecule has 0 aliphatic rings. The Kier molecular flexibility index (Phi) is 4.20. The Labute approximate surface area is 155 Å². The van der Waals surface area contributed by atoms with Gasteiger partial charge in [-0.1, -0.05) is 11.6 Å². The normalized spacial score (nSPS) is 11.0. The molecule has 4 aromatic rings. The highest BCUT2D eigenvalue weighted by Gasteiger charge is 2.14. The second kappa shape index (κ2) is 6.51. The minimum Gasteiger partial charge on any atom is -0.497 e. The number of carbonyl (C=O) groups excluding carboxylic acids is 1. The molecule has 0 aliphatic heterocycles. The van der Waals surface area contributed by atoms with Crippen LogP contribution in [0.15, 0.2) is 46.2 Å². The number of amides is 1. The van der Waals surface area contributed by atoms with E-state index >= 15 is 0 Å². The van der Waals surface area contributed by atoms with E-state index in [1.54, 1.807) is 19.2 Å². The summed E-state index contributed by atoms with van der Waals surface area (Å²) in [5.41, 5.74) is 1.42. The molecular weight excluding hydrogens is 380 g/mol. The summed E-state index contributed by atoms with van der Waals surface area (Å²) in [6.45, 7) is 0. The number of thiazole rings is 1. The van der Waals surface area contributed by atoms with Crippen LogP contribution in [0.1, 0.15) is 9.67 Å². The molecule has 8 heteroatoms. The standard InChI is InChI=1S/C17H11ClN2O3S2/c1-22-10-2-3-12-9(6-10)7-13(23-12)11-8-24-17(19-11)20-16(21)14-4-5-15(18)25-14/h2-8H,1H3,(H,19,20,21). The minimum atomic E-state index is -0.229. The molecule has 126 valence electrons. The second-order valence-corrected chi connectivity index (χ2v) is 7.68. The first-order valence-corrected chi connectivity index (χ1v) is 9.30. The number of thiophene rings is 1. The lowest BCUT2D eigenvalue weighted by molar-refractivity contribution is 0.103. The fraction of sp³-hybridized carbons (Fsp3) is 0.0588. The minimum absolute atomic E-state index is 0.229. The molecule has 25 heavy (non-hydrogen) atoms. The van der Waals surface area contributed by atoms with E-state index in [1.165, 1.54) is 22.7 Å². The highest BCUT2D eigenvalue weighted by molar-refractivity contribution is 7.18. The molecule has 4 rings (SSSR count). The Morgan fingerprint density at radius 3 is 2.92 bits per heavy atom. The first-order chi connectivity index (χ1) is 12.1. The summed E-state index contributed by atoms with van der Waals surface area (Å²) in [7, 11) is 1.62. The van der Waals surface area contributed by atoms with Crippen molar-refractivity contribution in [3.05, 3.63) is 51.0 Å². The molecule has 0 spiro atoms. The van der Waals surface area contributed by atoms with Crippen molar-refractivity contribution >= 4 is 56.3 Å². The van der Waals surface area contributed by atoms with Crippen LogP contribution in [-0.4, -0.2) is 18.0 Å². The Bertz CT molecular complexity index is 1070. The van der Waals surface area contributed by atoms with Crippen LogP contribution < -0.4 is 10.1 Å². The zero-order chi connectivity index (χ0) is 17.4. The van der Waals surface area contributed by atoms with Crippen molar-refractivity contribution in [2.24, 2.45) is 0 Å². The molecule has 1 N–H and O–H groups in total. The number of halogens is 1. The lowest BCUT2D eigenvalue weighted by Crippen LogP contribution is -2.09. The largest absolute Gasteiger partial charge is 0.497 e. The number of carbonyl (C=O) groups is 1. The number of anilines is 1. The van der Waals surface area contributed by atoms with Crippen LogP contribution >= 0.6 is 34.3 Å². The third-order valence-corrected chi connectivity index (χ3v) is 5.49. The van der Waals surface area contributed by atoms with E-state index < -0.39 is 0 Å². The zero-order valence-corrected chi connectivity index (χ0v) is 15.3. The van der Waals surface area contributed by atoms with Crippen molar-refractivity contribution in [2.45, 2.75) is 0 Å². The van der Waals surface area contributed by atoms with Crippen molar-refractivity contribution in [3.8, 4) is 17.2 Å². The molecular formula is C17H11ClN2O3S2. The zero-order valence-electron chi connectivity index (χ0n) is 12.9. The molecule has 3 aromatic heterocycles. The van der Waals surface area contributed by atoms with Crippen LogP contribution in [0.5, 0.6) is 5.75 Å². The van der Waals surface area contributed by atoms with Gasteiger partial charge in [-0.2, -0.15) is 0 Å². The van der Waals surface area contributed by atoms with Crippen LogP contribution in [0.4, 0.5) is 5.13 Å². The summed E-state index contributed by atoms with van der Waals surface area (Å²) in [4.78, 5) is 17.1. The lowest BCUT2D eigenvalue weighted by atomic mass is 10.2. The van der Waals surface area contributed by atoms with Crippen LogP contribution in [-0.2, 0) is 0 Å². The third kappa shape index (κ3) is 3.26. The Balaban J connectivity index is 1.57. The number of furan rings is 1. The van der Waals surface area contributed by atoms with E-state index in [9.17, 15) is 4.79 Å². The SMILES string of the molecule is COc1ccc2oc(-c3csc(NC(=O)c4ccc(Cl)s4)n3)cc2c1. The number of methoxy groups -OCH3 is 1. The molecule has 1 amide bonds. The summed E-state index contributed by atoms with van der Waals surface area (Å²) in [5.74, 6) is 1.17. The fourth-order valence-electron chi connectivity index (χ4n) is 2.31. The topological polar surface area (TPSA) is 64.4 Å². The van der Waals surface area contributed by atoms with Gasteiger partial charge in [0.25, 0.3) is 5.91 Å². The maximum atomic E-state index is 12.2. The van der Waals surface area contributed by atoms with Crippen molar-refractivity contribution in [1.29, 1.82) is 0 Å². The first kappa shape index (κ1) is 16.1. The number of hydrogen-bond donors (Lipinski definition) is 1. The van der Waals surface area contributed by atoms with Gasteiger partial charge in [-0.25, -0.2) is 4.98 Å². The first-order valence-electron chi connectivity index (χ1n) is 7.22. The number of rotatable bonds is 4. The second-order valence-electron chi connectivity index (χ2n) is 5.11. The summed E-state index contributed by atoms with van der Waals surface area (Å²) in [6, 6.07) is 10.9. The number of aromatic nitrogens is 1. The van der Waals surface area contributed by atoms with Gasteiger partial charge >= 0.3 is 0 Å². The van der Waals surface area contributed by atoms with E-state index in [4.69, 9.17) is 20.8 Å². The highest BCUT2D eigenvalue weighted by atomic mass is 35.5. The van der Waals surface area contributed by atoms with Gasteiger partial charge in [0.05, 0.1) is 16.3 Å². The molecule has 0 bridgehead atoms. The van der Waals surface area contributed by atoms with Crippen molar-refractivity contribution in [3.63, 3.8) is 0 Å². The molecule has 0 atom stereocenters. The van der Waals surface area contributed by atoms with E-state index in [-0.39, 0.29) is 5.91 Å². The van der Waals surface area contributed by atoms with Gasteiger partial charge in [0.15, 0.2) is 10.9 Å². The van der Waals surface area contributed by atoms with Crippen LogP contribution in [0.2, 0.25) is 4.34 Å². The van der Waals surface area contributed by atoms with Gasteiger partial charge in [-0.15, -0.1) is 22.7 Å². The maximum Gasteiger partial charge on any atom is 0.267 e. The highest BCUT2D eigenvalue weighted by Crippen LogP contribution is 2.32. The predicted octanol–water partition coefficient (Wildman–Crippen LogP) is 5.53. The van der Waals surface area contributed by atoms with Crippen molar-refractivity contribution < 1.29 is 13.9 Å². The van der Waals surface area contributed by atoms with Gasteiger partial charge < -0.3 is 9.15 Å². The van der Waals surface area contributed by atoms with Gasteiger partial charge in [-0.3, -0.25) is 10.1 Å². The molecule has 3 heterocycles. The number of benzene rings is 1. The van der Waals surface area contributed by atoms with Gasteiger partial charge in [-0.05, 0) is 36.4 Å². The molecule has 0 saturated carbocycles. The van der Waals surface area contributed by atoms with Crippen molar-refractivity contribution in [1.82, 2.24) is 4.98 Å². The third-order valence-electron chi connectivity index (χ3n) is 3.50. The molecule has 0 unspecified atom stereocenters. The van der Waals surface area contributed by atoms with Gasteiger partial charge in [0.1, 0.15) is 17.0 Å². The van der Waals surface area contributed by atoms with Crippen molar-refractivity contribution in [2.75, 3.05) is 12.4 Å². The predicted molar refractivity (Wildman–Crippen MR) is 101 cm³/mol. The van der Waals surface area contributed by atoms with Crippen LogP contribution in [0.25, 0.3) is 22.4 Å². The number of hydrogen-bond acceptors (Lipinski definition) is 6. The fourth-order valence-corrected chi connectivity index (χ4v) is 3.95. The average Bonchev–Trinajstić information content (AvgIpc) is 3.32. The van der Waals surface area contributed by atoms with E-state index in [0.29, 0.717) is 25.8 Å². The smallest absolute Gasteiger partial charge is 0.267 e. The monoisotopic (exact) mass is 390 g/mol. The molecule has 0 fully saturated rings. The number of nitrogens with zero attached hydrogens (tertiary/aromatic N) is 1. The molecule has 1 aromatic carbocycles. The van der Waals surface area contributed by atoms with E-state index in [1.807, 2.05) is 29.6 Å². The van der Waals surface area contributed by atoms with Gasteiger partial charge in [0.2, 0.25) is 0 Å². The van der Waals surface area contributed by atoms with Crippen LogP contribution in [0, 0.1) is 0 Å². The quantitative estimate of drug-likeness (QED) is 0.497. The Morgan fingerprint density at radius 2 is 2.16 bits per heavy atom. The summed E-state index contributed by atoms with van der Waals surface area (Å²) in [5, 5.41) is 6.05. The van der Waals surface area contributed by atoms with E-state index in [2.05, 4.69) is 10.3 Å². The molecule has 0 radical (unpaired) electrons. The Morgan fingerprint density at radius 1 is 1.28 bits per heavy atom. The maximum absolute atomic E-state index is 12.2. The summed E-state index contributed by atoms with van der Waals surface area (Å²) >= 11 is 8.42.